The van der Waals surface area contributed by atoms with Crippen LogP contribution in [0.4, 0.5) is 30.4 Å². The van der Waals surface area contributed by atoms with Gasteiger partial charge in [0.25, 0.3) is 0 Å². The number of rotatable bonds is 6. The number of hydrogen-bond donors (Lipinski definition) is 2. The minimum Gasteiger partial charge on any atom is -0.371 e. The van der Waals surface area contributed by atoms with Gasteiger partial charge in [-0.1, -0.05) is 0 Å². The summed E-state index contributed by atoms with van der Waals surface area (Å²) in [6, 6.07) is 9.28. The van der Waals surface area contributed by atoms with Crippen molar-refractivity contribution in [2.45, 2.75) is 44.7 Å². The molecule has 2 N–H and O–H groups in total. The predicted molar refractivity (Wildman–Crippen MR) is 167 cm³/mol. The van der Waals surface area contributed by atoms with E-state index >= 15 is 0 Å². The highest BCUT2D eigenvalue weighted by molar-refractivity contribution is 5.92. The number of piperidine rings is 3. The number of halogens is 4. The summed E-state index contributed by atoms with van der Waals surface area (Å²) < 4.78 is 40.1. The zero-order valence-electron chi connectivity index (χ0n) is 24.9. The molecular formula is C32H41ClF3N7O. The molecular weight excluding hydrogens is 591 g/mol. The molecule has 0 bridgehead atoms. The van der Waals surface area contributed by atoms with Crippen LogP contribution in [0.1, 0.15) is 49.7 Å². The van der Waals surface area contributed by atoms with Gasteiger partial charge in [-0.3, -0.25) is 4.79 Å². The molecule has 4 saturated heterocycles. The Bertz CT molecular complexity index is 1320. The quantitative estimate of drug-likeness (QED) is 0.456. The first kappa shape index (κ1) is 32.3. The lowest BCUT2D eigenvalue weighted by Crippen LogP contribution is -2.61. The molecule has 238 valence electrons. The van der Waals surface area contributed by atoms with Gasteiger partial charge in [-0.2, -0.15) is 18.4 Å². The topological polar surface area (TPSA) is 87.5 Å². The Morgan fingerprint density at radius 2 is 1.66 bits per heavy atom. The fourth-order valence-electron chi connectivity index (χ4n) is 7.35. The first-order valence-corrected chi connectivity index (χ1v) is 15.5. The van der Waals surface area contributed by atoms with Crippen molar-refractivity contribution in [3.63, 3.8) is 0 Å². The molecule has 0 unspecified atom stereocenters. The third kappa shape index (κ3) is 7.24. The summed E-state index contributed by atoms with van der Waals surface area (Å²) in [6.45, 7) is 9.00. The van der Waals surface area contributed by atoms with E-state index in [9.17, 15) is 18.0 Å². The van der Waals surface area contributed by atoms with Crippen molar-refractivity contribution < 1.29 is 18.0 Å². The van der Waals surface area contributed by atoms with E-state index in [1.54, 1.807) is 12.1 Å². The van der Waals surface area contributed by atoms with E-state index in [2.05, 4.69) is 25.4 Å². The number of likely N-dealkylation sites (tertiary alicyclic amines) is 1. The minimum atomic E-state index is -4.59. The lowest BCUT2D eigenvalue weighted by atomic mass is 9.71. The lowest BCUT2D eigenvalue weighted by molar-refractivity contribution is -0.137. The van der Waals surface area contributed by atoms with Gasteiger partial charge < -0.3 is 25.3 Å². The molecule has 6 rings (SSSR count). The Morgan fingerprint density at radius 1 is 1.00 bits per heavy atom. The van der Waals surface area contributed by atoms with Crippen molar-refractivity contribution in [2.75, 3.05) is 74.0 Å². The molecule has 0 saturated carbocycles. The van der Waals surface area contributed by atoms with Crippen LogP contribution in [0.25, 0.3) is 0 Å². The van der Waals surface area contributed by atoms with E-state index in [4.69, 9.17) is 5.26 Å². The Labute approximate surface area is 263 Å². The Kier molecular flexibility index (Phi) is 9.93. The largest absolute Gasteiger partial charge is 0.417 e. The van der Waals surface area contributed by atoms with Crippen LogP contribution in [0.2, 0.25) is 0 Å². The summed E-state index contributed by atoms with van der Waals surface area (Å²) in [7, 11) is 0. The third-order valence-electron chi connectivity index (χ3n) is 9.94. The molecule has 5 heterocycles. The van der Waals surface area contributed by atoms with Gasteiger partial charge in [-0.05, 0) is 93.3 Å². The highest BCUT2D eigenvalue weighted by atomic mass is 35.5. The number of aromatic nitrogens is 1. The molecule has 4 aliphatic rings. The van der Waals surface area contributed by atoms with Crippen LogP contribution in [-0.2, 0) is 11.0 Å². The molecule has 1 aromatic heterocycles. The average Bonchev–Trinajstić information content (AvgIpc) is 3.01. The zero-order chi connectivity index (χ0) is 30.0. The molecule has 4 aliphatic heterocycles. The van der Waals surface area contributed by atoms with Crippen LogP contribution in [0.5, 0.6) is 0 Å². The second-order valence-corrected chi connectivity index (χ2v) is 12.8. The average molecular weight is 632 g/mol. The highest BCUT2D eigenvalue weighted by Crippen LogP contribution is 2.42. The van der Waals surface area contributed by atoms with Gasteiger partial charge in [0.1, 0.15) is 5.82 Å². The summed E-state index contributed by atoms with van der Waals surface area (Å²) >= 11 is 0. The second kappa shape index (κ2) is 13.5. The normalized spacial score (nSPS) is 21.3. The number of nitrogens with one attached hydrogen (secondary N) is 2. The van der Waals surface area contributed by atoms with Gasteiger partial charge in [-0.15, -0.1) is 12.4 Å². The SMILES string of the molecule is Cl.N#Cc1ccc(N2CCC(C(=O)Nc3ccc(N4CCC5(CC4)CN(CC4CCNCC4)C5)cn3)CC2)cc1C(F)(F)F. The van der Waals surface area contributed by atoms with Crippen LogP contribution in [0.15, 0.2) is 36.5 Å². The maximum absolute atomic E-state index is 13.4. The number of benzene rings is 1. The number of carbonyl (C=O) groups is 1. The summed E-state index contributed by atoms with van der Waals surface area (Å²) in [5.74, 6) is 1.00. The van der Waals surface area contributed by atoms with Gasteiger partial charge in [-0.25, -0.2) is 4.98 Å². The molecule has 4 fully saturated rings. The van der Waals surface area contributed by atoms with Gasteiger partial charge in [0, 0.05) is 57.4 Å². The monoisotopic (exact) mass is 631 g/mol. The second-order valence-electron chi connectivity index (χ2n) is 12.8. The Hall–Kier alpha value is -3.07. The van der Waals surface area contributed by atoms with Crippen molar-refractivity contribution in [1.82, 2.24) is 15.2 Å². The number of nitriles is 1. The van der Waals surface area contributed by atoms with Gasteiger partial charge in [0.15, 0.2) is 0 Å². The zero-order valence-corrected chi connectivity index (χ0v) is 25.7. The van der Waals surface area contributed by atoms with Crippen LogP contribution in [0, 0.1) is 28.6 Å². The van der Waals surface area contributed by atoms with Crippen molar-refractivity contribution >= 4 is 35.5 Å². The van der Waals surface area contributed by atoms with Gasteiger partial charge >= 0.3 is 6.18 Å². The van der Waals surface area contributed by atoms with E-state index in [1.165, 1.54) is 51.4 Å². The minimum absolute atomic E-state index is 0. The van der Waals surface area contributed by atoms with E-state index in [0.29, 0.717) is 42.9 Å². The molecule has 1 spiro atoms. The molecule has 0 aliphatic carbocycles. The van der Waals surface area contributed by atoms with Crippen molar-refractivity contribution in [3.8, 4) is 6.07 Å². The molecule has 12 heteroatoms. The summed E-state index contributed by atoms with van der Waals surface area (Å²) in [6.07, 6.45) is 3.29. The van der Waals surface area contributed by atoms with Crippen LogP contribution in [0.3, 0.4) is 0 Å². The smallest absolute Gasteiger partial charge is 0.371 e. The maximum Gasteiger partial charge on any atom is 0.417 e. The standard InChI is InChI=1S/C32H40F3N7O.ClH/c33-32(34,35)28-17-26(2-1-25(28)18-36)41-13-7-24(8-14-41)30(43)39-29-4-3-27(19-38-29)42-15-9-31(10-16-42)21-40(22-31)20-23-5-11-37-12-6-23;/h1-4,17,19,23-24,37H,5-16,20-22H2,(H,38,39,43);1H. The van der Waals surface area contributed by atoms with E-state index < -0.39 is 11.7 Å². The number of anilines is 3. The fourth-order valence-corrected chi connectivity index (χ4v) is 7.35. The van der Waals surface area contributed by atoms with Gasteiger partial charge in [0.05, 0.1) is 29.1 Å². The Morgan fingerprint density at radius 3 is 2.27 bits per heavy atom. The number of hydrogen-bond acceptors (Lipinski definition) is 7. The first-order chi connectivity index (χ1) is 20.7. The van der Waals surface area contributed by atoms with Crippen LogP contribution in [-0.4, -0.2) is 74.7 Å². The van der Waals surface area contributed by atoms with E-state index in [0.717, 1.165) is 43.9 Å². The Balaban J connectivity index is 0.00000384. The van der Waals surface area contributed by atoms with Crippen molar-refractivity contribution in [1.29, 1.82) is 5.26 Å². The number of pyridine rings is 1. The van der Waals surface area contributed by atoms with E-state index in [1.807, 2.05) is 23.2 Å². The van der Waals surface area contributed by atoms with Crippen LogP contribution < -0.4 is 20.4 Å². The fraction of sp³-hybridized carbons (Fsp3) is 0.594. The third-order valence-corrected chi connectivity index (χ3v) is 9.94. The molecule has 1 amide bonds. The molecule has 2 aromatic rings. The van der Waals surface area contributed by atoms with Gasteiger partial charge in [0.2, 0.25) is 5.91 Å². The first-order valence-electron chi connectivity index (χ1n) is 15.5. The number of amides is 1. The molecule has 0 radical (unpaired) electrons. The molecule has 8 nitrogen and oxygen atoms in total. The van der Waals surface area contributed by atoms with E-state index in [-0.39, 0.29) is 29.8 Å². The maximum atomic E-state index is 13.4. The number of carbonyl (C=O) groups excluding carboxylic acids is 1. The van der Waals surface area contributed by atoms with Crippen LogP contribution >= 0.6 is 12.4 Å². The lowest BCUT2D eigenvalue weighted by Gasteiger charge is -2.55. The number of alkyl halides is 3. The summed E-state index contributed by atoms with van der Waals surface area (Å²) in [5.41, 5.74) is 0.650. The van der Waals surface area contributed by atoms with Crippen molar-refractivity contribution in [3.05, 3.63) is 47.7 Å². The van der Waals surface area contributed by atoms with Crippen molar-refractivity contribution in [2.24, 2.45) is 17.3 Å². The molecule has 0 atom stereocenters. The number of nitrogens with zero attached hydrogens (tertiary/aromatic N) is 5. The highest BCUT2D eigenvalue weighted by Gasteiger charge is 2.45. The molecule has 1 aromatic carbocycles. The molecule has 44 heavy (non-hydrogen) atoms. The predicted octanol–water partition coefficient (Wildman–Crippen LogP) is 5.15. The summed E-state index contributed by atoms with van der Waals surface area (Å²) in [5, 5.41) is 15.4. The summed E-state index contributed by atoms with van der Waals surface area (Å²) in [4.78, 5) is 24.4.